The number of fused-ring (bicyclic) bond motifs is 1. The van der Waals surface area contributed by atoms with E-state index >= 15 is 0 Å². The topological polar surface area (TPSA) is 117 Å². The molecular formula is C23H25ClN6O2. The second-order valence-corrected chi connectivity index (χ2v) is 7.58. The second-order valence-electron chi connectivity index (χ2n) is 7.15. The number of amides is 1. The standard InChI is InChI=1S/C23H25ClN6O2/c1-3-30(4-2)14-18(31)13-29-23(32)22-27-10-15(11-28-22)5-8-19-20-9-17(24)7-6-16(20)12-26-21(19)25/h6-7,9-12,18,31H,3-4,13-14H2,1-2H3,(H2,25,26)(H,29,32). The Kier molecular flexibility index (Phi) is 7.95. The number of nitrogens with one attached hydrogen (secondary N) is 1. The number of hydrogen-bond acceptors (Lipinski definition) is 7. The van der Waals surface area contributed by atoms with Crippen molar-refractivity contribution in [3.63, 3.8) is 0 Å². The van der Waals surface area contributed by atoms with Gasteiger partial charge in [0.25, 0.3) is 5.91 Å². The number of carbonyl (C=O) groups is 1. The molecule has 1 unspecified atom stereocenters. The van der Waals surface area contributed by atoms with Gasteiger partial charge in [0.2, 0.25) is 5.82 Å². The van der Waals surface area contributed by atoms with Gasteiger partial charge < -0.3 is 21.1 Å². The van der Waals surface area contributed by atoms with E-state index in [1.165, 1.54) is 12.4 Å². The summed E-state index contributed by atoms with van der Waals surface area (Å²) in [4.78, 5) is 26.7. The molecule has 0 radical (unpaired) electrons. The van der Waals surface area contributed by atoms with Crippen LogP contribution in [0.2, 0.25) is 5.02 Å². The monoisotopic (exact) mass is 452 g/mol. The maximum Gasteiger partial charge on any atom is 0.289 e. The number of nitrogens with two attached hydrogens (primary N) is 1. The molecule has 166 valence electrons. The molecular weight excluding hydrogens is 428 g/mol. The summed E-state index contributed by atoms with van der Waals surface area (Å²) in [6, 6.07) is 5.42. The van der Waals surface area contributed by atoms with Crippen molar-refractivity contribution < 1.29 is 9.90 Å². The largest absolute Gasteiger partial charge is 0.390 e. The molecule has 4 N–H and O–H groups in total. The van der Waals surface area contributed by atoms with Crippen molar-refractivity contribution in [2.75, 3.05) is 31.9 Å². The van der Waals surface area contributed by atoms with Crippen LogP contribution in [0.5, 0.6) is 0 Å². The minimum atomic E-state index is -0.669. The lowest BCUT2D eigenvalue weighted by Crippen LogP contribution is -2.40. The zero-order chi connectivity index (χ0) is 23.1. The fraction of sp³-hybridized carbons (Fsp3) is 0.304. The van der Waals surface area contributed by atoms with E-state index in [0.29, 0.717) is 28.5 Å². The first kappa shape index (κ1) is 23.4. The summed E-state index contributed by atoms with van der Waals surface area (Å²) in [6.07, 6.45) is 3.92. The molecule has 1 aromatic carbocycles. The summed E-state index contributed by atoms with van der Waals surface area (Å²) < 4.78 is 0. The molecule has 8 nitrogen and oxygen atoms in total. The van der Waals surface area contributed by atoms with Gasteiger partial charge in [-0.3, -0.25) is 4.79 Å². The van der Waals surface area contributed by atoms with E-state index < -0.39 is 12.0 Å². The number of halogens is 1. The van der Waals surface area contributed by atoms with Gasteiger partial charge in [-0.05, 0) is 25.2 Å². The fourth-order valence-corrected chi connectivity index (χ4v) is 3.28. The predicted molar refractivity (Wildman–Crippen MR) is 125 cm³/mol. The lowest BCUT2D eigenvalue weighted by molar-refractivity contribution is 0.0860. The van der Waals surface area contributed by atoms with Crippen LogP contribution in [0.4, 0.5) is 5.82 Å². The molecule has 0 spiro atoms. The average Bonchev–Trinajstić information content (AvgIpc) is 2.80. The van der Waals surface area contributed by atoms with E-state index in [-0.39, 0.29) is 12.4 Å². The number of rotatable bonds is 7. The van der Waals surface area contributed by atoms with Crippen molar-refractivity contribution in [1.29, 1.82) is 0 Å². The summed E-state index contributed by atoms with van der Waals surface area (Å²) in [7, 11) is 0. The third-order valence-electron chi connectivity index (χ3n) is 4.93. The van der Waals surface area contributed by atoms with Crippen molar-refractivity contribution in [3.8, 4) is 11.8 Å². The summed E-state index contributed by atoms with van der Waals surface area (Å²) in [5.41, 5.74) is 7.09. The summed E-state index contributed by atoms with van der Waals surface area (Å²) >= 11 is 6.11. The molecule has 2 heterocycles. The van der Waals surface area contributed by atoms with Crippen molar-refractivity contribution in [1.82, 2.24) is 25.2 Å². The van der Waals surface area contributed by atoms with Gasteiger partial charge >= 0.3 is 0 Å². The lowest BCUT2D eigenvalue weighted by atomic mass is 10.1. The molecule has 3 aromatic rings. The summed E-state index contributed by atoms with van der Waals surface area (Å²) in [5, 5.41) is 15.0. The molecule has 2 aromatic heterocycles. The Morgan fingerprint density at radius 1 is 1.19 bits per heavy atom. The van der Waals surface area contributed by atoms with Crippen LogP contribution in [0.25, 0.3) is 10.8 Å². The van der Waals surface area contributed by atoms with E-state index in [4.69, 9.17) is 17.3 Å². The first-order valence-electron chi connectivity index (χ1n) is 10.3. The molecule has 0 aliphatic rings. The molecule has 9 heteroatoms. The molecule has 32 heavy (non-hydrogen) atoms. The summed E-state index contributed by atoms with van der Waals surface area (Å²) in [5.74, 6) is 5.80. The molecule has 3 rings (SSSR count). The first-order valence-corrected chi connectivity index (χ1v) is 10.7. The highest BCUT2D eigenvalue weighted by Crippen LogP contribution is 2.24. The van der Waals surface area contributed by atoms with E-state index in [1.807, 2.05) is 19.9 Å². The van der Waals surface area contributed by atoms with Crippen LogP contribution in [-0.4, -0.2) is 63.1 Å². The molecule has 1 amide bonds. The van der Waals surface area contributed by atoms with Gasteiger partial charge in [-0.2, -0.15) is 0 Å². The number of aromatic nitrogens is 3. The van der Waals surface area contributed by atoms with Crippen molar-refractivity contribution in [3.05, 3.63) is 58.8 Å². The quantitative estimate of drug-likeness (QED) is 0.470. The minimum Gasteiger partial charge on any atom is -0.390 e. The Labute approximate surface area is 191 Å². The average molecular weight is 453 g/mol. The highest BCUT2D eigenvalue weighted by atomic mass is 35.5. The normalized spacial score (nSPS) is 11.8. The van der Waals surface area contributed by atoms with Gasteiger partial charge in [0.1, 0.15) is 5.82 Å². The smallest absolute Gasteiger partial charge is 0.289 e. The van der Waals surface area contributed by atoms with E-state index in [1.54, 1.807) is 18.3 Å². The van der Waals surface area contributed by atoms with Gasteiger partial charge in [-0.15, -0.1) is 0 Å². The van der Waals surface area contributed by atoms with E-state index in [9.17, 15) is 9.90 Å². The van der Waals surface area contributed by atoms with Gasteiger partial charge in [0, 0.05) is 47.5 Å². The highest BCUT2D eigenvalue weighted by Gasteiger charge is 2.13. The molecule has 0 aliphatic carbocycles. The predicted octanol–water partition coefficient (Wildman–Crippen LogP) is 2.09. The number of anilines is 1. The van der Waals surface area contributed by atoms with Crippen LogP contribution in [0.15, 0.2) is 36.8 Å². The molecule has 0 saturated carbocycles. The van der Waals surface area contributed by atoms with Gasteiger partial charge in [-0.1, -0.05) is 43.4 Å². The van der Waals surface area contributed by atoms with Crippen molar-refractivity contribution in [2.24, 2.45) is 0 Å². The number of aliphatic hydroxyl groups excluding tert-OH is 1. The van der Waals surface area contributed by atoms with Crippen LogP contribution >= 0.6 is 11.6 Å². The maximum atomic E-state index is 12.3. The Morgan fingerprint density at radius 3 is 2.59 bits per heavy atom. The van der Waals surface area contributed by atoms with Gasteiger partial charge in [-0.25, -0.2) is 15.0 Å². The highest BCUT2D eigenvalue weighted by molar-refractivity contribution is 6.31. The van der Waals surface area contributed by atoms with Gasteiger partial charge in [0.05, 0.1) is 17.2 Å². The van der Waals surface area contributed by atoms with Crippen molar-refractivity contribution in [2.45, 2.75) is 20.0 Å². The molecule has 0 bridgehead atoms. The Morgan fingerprint density at radius 2 is 1.91 bits per heavy atom. The van der Waals surface area contributed by atoms with Crippen LogP contribution in [-0.2, 0) is 0 Å². The summed E-state index contributed by atoms with van der Waals surface area (Å²) in [6.45, 7) is 6.32. The number of hydrogen-bond donors (Lipinski definition) is 3. The molecule has 0 fully saturated rings. The second kappa shape index (κ2) is 10.9. The number of likely N-dealkylation sites (N-methyl/N-ethyl adjacent to an activating group) is 1. The van der Waals surface area contributed by atoms with Crippen LogP contribution < -0.4 is 11.1 Å². The molecule has 1 atom stereocenters. The Bertz CT molecular complexity index is 1150. The zero-order valence-corrected chi connectivity index (χ0v) is 18.7. The minimum absolute atomic E-state index is 0.00344. The first-order chi connectivity index (χ1) is 15.4. The number of nitrogen functional groups attached to an aromatic ring is 1. The number of aliphatic hydroxyl groups is 1. The van der Waals surface area contributed by atoms with Crippen LogP contribution in [0.3, 0.4) is 0 Å². The number of benzene rings is 1. The Hall–Kier alpha value is -3.25. The lowest BCUT2D eigenvalue weighted by Gasteiger charge is -2.21. The van der Waals surface area contributed by atoms with E-state index in [2.05, 4.69) is 37.0 Å². The fourth-order valence-electron chi connectivity index (χ4n) is 3.11. The SMILES string of the molecule is CCN(CC)CC(O)CNC(=O)c1ncc(C#Cc2c(N)ncc3ccc(Cl)cc23)cn1. The zero-order valence-electron chi connectivity index (χ0n) is 18.0. The van der Waals surface area contributed by atoms with Crippen LogP contribution in [0.1, 0.15) is 35.6 Å². The third-order valence-corrected chi connectivity index (χ3v) is 5.17. The molecule has 0 aliphatic heterocycles. The van der Waals surface area contributed by atoms with Crippen molar-refractivity contribution >= 4 is 34.1 Å². The molecule has 0 saturated heterocycles. The third kappa shape index (κ3) is 5.92. The number of carbonyl (C=O) groups excluding carboxylic acids is 1. The van der Waals surface area contributed by atoms with Gasteiger partial charge in [0.15, 0.2) is 0 Å². The van der Waals surface area contributed by atoms with E-state index in [0.717, 1.165) is 23.9 Å². The number of nitrogens with zero attached hydrogens (tertiary/aromatic N) is 4. The Balaban J connectivity index is 1.68. The number of pyridine rings is 1. The van der Waals surface area contributed by atoms with Crippen LogP contribution in [0, 0.1) is 11.8 Å². The maximum absolute atomic E-state index is 12.3.